The zero-order valence-corrected chi connectivity index (χ0v) is 18.7. The summed E-state index contributed by atoms with van der Waals surface area (Å²) in [5, 5.41) is 8.82. The lowest BCUT2D eigenvalue weighted by Crippen LogP contribution is -2.35. The molecule has 0 spiro atoms. The normalized spacial score (nSPS) is 18.3. The Balaban J connectivity index is 1.41. The molecule has 0 aromatic heterocycles. The fourth-order valence-electron chi connectivity index (χ4n) is 3.73. The molecule has 2 aromatic carbocycles. The van der Waals surface area contributed by atoms with E-state index < -0.39 is 21.5 Å². The van der Waals surface area contributed by atoms with Crippen LogP contribution in [0.15, 0.2) is 48.5 Å². The Morgan fingerprint density at radius 2 is 1.97 bits per heavy atom. The molecule has 32 heavy (non-hydrogen) atoms. The molecule has 1 fully saturated rings. The van der Waals surface area contributed by atoms with E-state index in [1.807, 2.05) is 12.1 Å². The molecule has 2 atom stereocenters. The van der Waals surface area contributed by atoms with E-state index in [0.29, 0.717) is 24.1 Å². The first kappa shape index (κ1) is 23.9. The third-order valence-electron chi connectivity index (χ3n) is 5.52. The molecule has 1 heterocycles. The molecule has 0 aliphatic carbocycles. The summed E-state index contributed by atoms with van der Waals surface area (Å²) in [6.45, 7) is 0.452. The predicted octanol–water partition coefficient (Wildman–Crippen LogP) is 2.46. The lowest BCUT2D eigenvalue weighted by molar-refractivity contribution is -0.127. The van der Waals surface area contributed by atoms with Gasteiger partial charge in [-0.15, -0.1) is 0 Å². The van der Waals surface area contributed by atoms with E-state index in [0.717, 1.165) is 18.4 Å². The highest BCUT2D eigenvalue weighted by atomic mass is 32.2. The number of rotatable bonds is 9. The van der Waals surface area contributed by atoms with Gasteiger partial charge in [-0.3, -0.25) is 15.6 Å². The molecular weight excluding hydrogens is 431 g/mol. The third kappa shape index (κ3) is 6.85. The van der Waals surface area contributed by atoms with Crippen LogP contribution in [-0.4, -0.2) is 44.6 Å². The van der Waals surface area contributed by atoms with Crippen LogP contribution in [0.1, 0.15) is 42.0 Å². The Hall–Kier alpha value is -2.80. The highest BCUT2D eigenvalue weighted by Crippen LogP contribution is 2.24. The van der Waals surface area contributed by atoms with E-state index in [2.05, 4.69) is 10.9 Å². The predicted molar refractivity (Wildman–Crippen MR) is 119 cm³/mol. The number of carbonyl (C=O) groups excluding carboxylic acids is 1. The average molecular weight is 459 g/mol. The molecule has 9 heteroatoms. The van der Waals surface area contributed by atoms with E-state index in [1.54, 1.807) is 37.4 Å². The number of nitriles is 1. The van der Waals surface area contributed by atoms with Crippen molar-refractivity contribution in [3.05, 3.63) is 71.0 Å². The Kier molecular flexibility index (Phi) is 7.96. The number of hydrogen-bond acceptors (Lipinski definition) is 6. The Morgan fingerprint density at radius 1 is 1.22 bits per heavy atom. The van der Waals surface area contributed by atoms with Gasteiger partial charge in [0, 0.05) is 25.7 Å². The van der Waals surface area contributed by atoms with Gasteiger partial charge >= 0.3 is 0 Å². The molecule has 2 unspecified atom stereocenters. The Bertz CT molecular complexity index is 1080. The number of benzene rings is 2. The van der Waals surface area contributed by atoms with Gasteiger partial charge in [-0.2, -0.15) is 5.26 Å². The summed E-state index contributed by atoms with van der Waals surface area (Å²) in [6, 6.07) is 15.0. The summed E-state index contributed by atoms with van der Waals surface area (Å²) in [7, 11) is -2.00. The number of nitrogens with one attached hydrogen (secondary N) is 2. The lowest BCUT2D eigenvalue weighted by atomic mass is 9.99. The third-order valence-corrected chi connectivity index (χ3v) is 6.98. The molecular formula is C23H27FN4O3S. The zero-order valence-electron chi connectivity index (χ0n) is 17.9. The number of hydrogen-bond donors (Lipinski definition) is 2. The van der Waals surface area contributed by atoms with Gasteiger partial charge in [0.25, 0.3) is 0 Å². The minimum atomic E-state index is -3.61. The van der Waals surface area contributed by atoms with Gasteiger partial charge in [0.1, 0.15) is 11.6 Å². The first-order chi connectivity index (χ1) is 15.3. The van der Waals surface area contributed by atoms with E-state index in [9.17, 15) is 17.6 Å². The summed E-state index contributed by atoms with van der Waals surface area (Å²) in [5.41, 5.74) is 8.28. The highest BCUT2D eigenvalue weighted by Gasteiger charge is 2.25. The molecule has 170 valence electrons. The summed E-state index contributed by atoms with van der Waals surface area (Å²) >= 11 is 0. The van der Waals surface area contributed by atoms with E-state index >= 15 is 0 Å². The van der Waals surface area contributed by atoms with Crippen molar-refractivity contribution in [2.75, 3.05) is 19.3 Å². The van der Waals surface area contributed by atoms with Crippen LogP contribution in [0.5, 0.6) is 0 Å². The topological polar surface area (TPSA) is 102 Å². The monoisotopic (exact) mass is 458 g/mol. The molecule has 1 aliphatic rings. The maximum absolute atomic E-state index is 13.4. The zero-order chi connectivity index (χ0) is 23.1. The molecule has 1 amide bonds. The molecule has 2 N–H and O–H groups in total. The van der Waals surface area contributed by atoms with Crippen molar-refractivity contribution in [1.82, 2.24) is 15.8 Å². The van der Waals surface area contributed by atoms with Crippen LogP contribution < -0.4 is 10.9 Å². The van der Waals surface area contributed by atoms with Crippen LogP contribution in [0, 0.1) is 17.1 Å². The van der Waals surface area contributed by atoms with Crippen molar-refractivity contribution in [3.8, 4) is 6.07 Å². The maximum atomic E-state index is 13.4. The second-order valence-electron chi connectivity index (χ2n) is 8.13. The number of amides is 1. The number of halogens is 1. The molecule has 7 nitrogen and oxygen atoms in total. The van der Waals surface area contributed by atoms with Crippen molar-refractivity contribution < 1.29 is 17.6 Å². The van der Waals surface area contributed by atoms with Crippen LogP contribution in [-0.2, 0) is 20.4 Å². The lowest BCUT2D eigenvalue weighted by Gasteiger charge is -2.18. The fourth-order valence-corrected chi connectivity index (χ4v) is 5.13. The van der Waals surface area contributed by atoms with Crippen molar-refractivity contribution in [2.24, 2.45) is 0 Å². The number of hydrazine groups is 1. The molecule has 0 radical (unpaired) electrons. The first-order valence-electron chi connectivity index (χ1n) is 10.5. The van der Waals surface area contributed by atoms with Gasteiger partial charge in [-0.05, 0) is 54.7 Å². The van der Waals surface area contributed by atoms with E-state index in [1.165, 1.54) is 17.0 Å². The summed E-state index contributed by atoms with van der Waals surface area (Å²) in [4.78, 5) is 13.8. The average Bonchev–Trinajstić information content (AvgIpc) is 3.22. The molecule has 0 saturated carbocycles. The molecule has 2 aromatic rings. The van der Waals surface area contributed by atoms with Gasteiger partial charge in [-0.1, -0.05) is 24.3 Å². The van der Waals surface area contributed by atoms with Crippen LogP contribution in [0.25, 0.3) is 0 Å². The summed E-state index contributed by atoms with van der Waals surface area (Å²) < 4.78 is 38.2. The Labute approximate surface area is 188 Å². The smallest absolute Gasteiger partial charge is 0.237 e. The van der Waals surface area contributed by atoms with Gasteiger partial charge in [0.2, 0.25) is 5.91 Å². The van der Waals surface area contributed by atoms with Gasteiger partial charge in [-0.25, -0.2) is 12.8 Å². The van der Waals surface area contributed by atoms with Crippen LogP contribution in [0.3, 0.4) is 0 Å². The second-order valence-corrected chi connectivity index (χ2v) is 10.2. The quantitative estimate of drug-likeness (QED) is 0.599. The number of nitrogens with zero attached hydrogens (tertiary/aromatic N) is 2. The minimum Gasteiger partial charge on any atom is -0.345 e. The highest BCUT2D eigenvalue weighted by molar-refractivity contribution is 7.91. The van der Waals surface area contributed by atoms with Crippen molar-refractivity contribution >= 4 is 15.7 Å². The minimum absolute atomic E-state index is 0.0300. The fraction of sp³-hybridized carbons (Fsp3) is 0.391. The summed E-state index contributed by atoms with van der Waals surface area (Å²) in [6.07, 6.45) is 2.32. The Morgan fingerprint density at radius 3 is 2.66 bits per heavy atom. The number of carbonyl (C=O) groups is 1. The first-order valence-corrected chi connectivity index (χ1v) is 12.3. The van der Waals surface area contributed by atoms with E-state index in [-0.39, 0.29) is 23.7 Å². The molecule has 0 bridgehead atoms. The van der Waals surface area contributed by atoms with Gasteiger partial charge in [0.05, 0.1) is 17.4 Å². The van der Waals surface area contributed by atoms with Crippen LogP contribution >= 0.6 is 0 Å². The SMILES string of the molecule is CN(CCCC1CC(c2cccc(F)c2)NN1)C(=O)CS(=O)(=O)Cc1ccc(C#N)cc1. The van der Waals surface area contributed by atoms with Gasteiger partial charge < -0.3 is 4.90 Å². The summed E-state index contributed by atoms with van der Waals surface area (Å²) in [5.74, 6) is -1.48. The van der Waals surface area contributed by atoms with Crippen molar-refractivity contribution in [3.63, 3.8) is 0 Å². The molecule has 3 rings (SSSR count). The maximum Gasteiger partial charge on any atom is 0.237 e. The van der Waals surface area contributed by atoms with Gasteiger partial charge in [0.15, 0.2) is 9.84 Å². The van der Waals surface area contributed by atoms with Crippen LogP contribution in [0.4, 0.5) is 4.39 Å². The van der Waals surface area contributed by atoms with Crippen LogP contribution in [0.2, 0.25) is 0 Å². The molecule has 1 saturated heterocycles. The largest absolute Gasteiger partial charge is 0.345 e. The number of sulfone groups is 1. The van der Waals surface area contributed by atoms with E-state index in [4.69, 9.17) is 5.26 Å². The van der Waals surface area contributed by atoms with Crippen molar-refractivity contribution in [1.29, 1.82) is 5.26 Å². The molecule has 1 aliphatic heterocycles. The standard InChI is InChI=1S/C23H27FN4O3S/c1-28(23(29)16-32(30,31)15-18-9-7-17(14-25)8-10-18)11-3-6-21-13-22(27-26-21)19-4-2-5-20(24)12-19/h2,4-5,7-10,12,21-22,26-27H,3,6,11,13,15-16H2,1H3. The second kappa shape index (κ2) is 10.7. The van der Waals surface area contributed by atoms with Crippen molar-refractivity contribution in [2.45, 2.75) is 37.1 Å².